The molecule has 0 fully saturated rings. The van der Waals surface area contributed by atoms with Crippen molar-refractivity contribution in [2.75, 3.05) is 16.3 Å². The summed E-state index contributed by atoms with van der Waals surface area (Å²) in [5, 5.41) is 14.7. The topological polar surface area (TPSA) is 119 Å². The van der Waals surface area contributed by atoms with Gasteiger partial charge in [-0.2, -0.15) is 5.10 Å². The number of nitrogens with one attached hydrogen (secondary N) is 2. The normalized spacial score (nSPS) is 11.3. The van der Waals surface area contributed by atoms with Crippen LogP contribution in [0.15, 0.2) is 36.5 Å². The molecule has 0 aliphatic rings. The molecule has 0 saturated heterocycles. The number of benzene rings is 1. The summed E-state index contributed by atoms with van der Waals surface area (Å²) in [6.07, 6.45) is 3.12. The molecule has 1 amide bonds. The summed E-state index contributed by atoms with van der Waals surface area (Å²) in [5.74, 6) is -0.383. The van der Waals surface area contributed by atoms with Gasteiger partial charge in [-0.3, -0.25) is 14.8 Å². The van der Waals surface area contributed by atoms with Gasteiger partial charge in [-0.05, 0) is 18.6 Å². The molecule has 0 spiro atoms. The Balaban J connectivity index is 1.82. The van der Waals surface area contributed by atoms with E-state index in [1.807, 2.05) is 37.3 Å². The summed E-state index contributed by atoms with van der Waals surface area (Å²) in [4.78, 5) is 12.6. The minimum atomic E-state index is -3.45. The van der Waals surface area contributed by atoms with E-state index in [-0.39, 0.29) is 16.2 Å². The maximum atomic E-state index is 12.6. The molecule has 3 aromatic rings. The van der Waals surface area contributed by atoms with Crippen molar-refractivity contribution in [3.63, 3.8) is 0 Å². The third kappa shape index (κ3) is 4.06. The zero-order valence-corrected chi connectivity index (χ0v) is 15.6. The highest BCUT2D eigenvalue weighted by atomic mass is 32.2. The lowest BCUT2D eigenvalue weighted by Gasteiger charge is -2.07. The average Bonchev–Trinajstić information content (AvgIpc) is 3.20. The molecule has 136 valence electrons. The van der Waals surface area contributed by atoms with E-state index in [0.29, 0.717) is 12.0 Å². The second kappa shape index (κ2) is 7.22. The average molecular weight is 392 g/mol. The second-order valence-corrected chi connectivity index (χ2v) is 8.07. The van der Waals surface area contributed by atoms with E-state index in [1.165, 1.54) is 6.20 Å². The Kier molecular flexibility index (Phi) is 5.00. The number of anilines is 2. The summed E-state index contributed by atoms with van der Waals surface area (Å²) >= 11 is 0.928. The Labute approximate surface area is 154 Å². The van der Waals surface area contributed by atoms with Gasteiger partial charge >= 0.3 is 0 Å². The Morgan fingerprint density at radius 3 is 2.54 bits per heavy atom. The molecule has 0 saturated carbocycles. The monoisotopic (exact) mass is 392 g/mol. The smallest absolute Gasteiger partial charge is 0.260 e. The lowest BCUT2D eigenvalue weighted by Crippen LogP contribution is -2.14. The fraction of sp³-hybridized carbons (Fsp3) is 0.200. The predicted octanol–water partition coefficient (Wildman–Crippen LogP) is 1.91. The summed E-state index contributed by atoms with van der Waals surface area (Å²) < 4.78 is 26.3. The van der Waals surface area contributed by atoms with Crippen LogP contribution in [-0.2, 0) is 16.4 Å². The Morgan fingerprint density at radius 2 is 1.88 bits per heavy atom. The van der Waals surface area contributed by atoms with Crippen molar-refractivity contribution in [3.8, 4) is 5.69 Å². The lowest BCUT2D eigenvalue weighted by atomic mass is 10.2. The number of carbonyl (C=O) groups excluding carboxylic acids is 1. The predicted molar refractivity (Wildman–Crippen MR) is 99.3 cm³/mol. The van der Waals surface area contributed by atoms with E-state index in [9.17, 15) is 13.2 Å². The number of nitrogens with zero attached hydrogens (tertiary/aromatic N) is 4. The number of rotatable bonds is 6. The molecule has 9 nitrogen and oxygen atoms in total. The number of carbonyl (C=O) groups is 1. The largest absolute Gasteiger partial charge is 0.296 e. The van der Waals surface area contributed by atoms with Crippen LogP contribution in [0.2, 0.25) is 0 Å². The molecule has 2 N–H and O–H groups in total. The Morgan fingerprint density at radius 1 is 1.19 bits per heavy atom. The van der Waals surface area contributed by atoms with E-state index in [2.05, 4.69) is 25.3 Å². The van der Waals surface area contributed by atoms with Gasteiger partial charge in [0.2, 0.25) is 20.3 Å². The van der Waals surface area contributed by atoms with Crippen LogP contribution < -0.4 is 10.0 Å². The highest BCUT2D eigenvalue weighted by Gasteiger charge is 2.19. The maximum absolute atomic E-state index is 12.6. The van der Waals surface area contributed by atoms with Crippen LogP contribution >= 0.6 is 11.3 Å². The quantitative estimate of drug-likeness (QED) is 0.661. The number of aromatic nitrogens is 4. The first-order chi connectivity index (χ1) is 12.4. The highest BCUT2D eigenvalue weighted by molar-refractivity contribution is 7.92. The minimum absolute atomic E-state index is 0.0819. The highest BCUT2D eigenvalue weighted by Crippen LogP contribution is 2.22. The summed E-state index contributed by atoms with van der Waals surface area (Å²) in [6.45, 7) is 1.94. The number of sulfonamides is 1. The van der Waals surface area contributed by atoms with Crippen molar-refractivity contribution >= 4 is 37.5 Å². The van der Waals surface area contributed by atoms with Gasteiger partial charge in [0.05, 0.1) is 29.4 Å². The molecule has 0 aliphatic heterocycles. The Bertz CT molecular complexity index is 1030. The maximum Gasteiger partial charge on any atom is 0.260 e. The number of amides is 1. The molecule has 0 radical (unpaired) electrons. The molecule has 2 heterocycles. The van der Waals surface area contributed by atoms with Crippen LogP contribution in [0.5, 0.6) is 0 Å². The van der Waals surface area contributed by atoms with Gasteiger partial charge in [-0.1, -0.05) is 36.5 Å². The van der Waals surface area contributed by atoms with E-state index in [0.717, 1.165) is 29.0 Å². The third-order valence-electron chi connectivity index (χ3n) is 3.37. The fourth-order valence-corrected chi connectivity index (χ4v) is 3.80. The molecule has 11 heteroatoms. The fourth-order valence-electron chi connectivity index (χ4n) is 2.33. The van der Waals surface area contributed by atoms with Gasteiger partial charge in [0.25, 0.3) is 5.91 Å². The van der Waals surface area contributed by atoms with Gasteiger partial charge in [-0.15, -0.1) is 10.2 Å². The van der Waals surface area contributed by atoms with Crippen LogP contribution in [0, 0.1) is 0 Å². The molecule has 0 atom stereocenters. The molecular formula is C15H16N6O3S2. The van der Waals surface area contributed by atoms with Gasteiger partial charge in [0, 0.05) is 0 Å². The van der Waals surface area contributed by atoms with Crippen molar-refractivity contribution in [2.45, 2.75) is 13.3 Å². The van der Waals surface area contributed by atoms with E-state index < -0.39 is 10.0 Å². The van der Waals surface area contributed by atoms with Gasteiger partial charge < -0.3 is 0 Å². The summed E-state index contributed by atoms with van der Waals surface area (Å²) in [7, 11) is -3.45. The number of hydrogen-bond donors (Lipinski definition) is 2. The first kappa shape index (κ1) is 18.0. The molecule has 0 bridgehead atoms. The van der Waals surface area contributed by atoms with Crippen molar-refractivity contribution in [1.29, 1.82) is 0 Å². The zero-order chi connectivity index (χ0) is 18.7. The van der Waals surface area contributed by atoms with Crippen molar-refractivity contribution in [1.82, 2.24) is 20.0 Å². The van der Waals surface area contributed by atoms with E-state index in [4.69, 9.17) is 0 Å². The molecule has 0 unspecified atom stereocenters. The number of hydrogen-bond acceptors (Lipinski definition) is 7. The van der Waals surface area contributed by atoms with Crippen LogP contribution in [0.3, 0.4) is 0 Å². The lowest BCUT2D eigenvalue weighted by molar-refractivity contribution is 0.102. The molecule has 26 heavy (non-hydrogen) atoms. The van der Waals surface area contributed by atoms with E-state index >= 15 is 0 Å². The summed E-state index contributed by atoms with van der Waals surface area (Å²) in [5.41, 5.74) is 2.04. The van der Waals surface area contributed by atoms with E-state index in [1.54, 1.807) is 4.68 Å². The van der Waals surface area contributed by atoms with Crippen LogP contribution in [0.25, 0.3) is 5.69 Å². The molecule has 1 aromatic carbocycles. The SMILES string of the molecule is CCc1c(C(=O)Nc2nnc(NS(C)(=O)=O)s2)cnn1-c1ccccc1. The van der Waals surface area contributed by atoms with Gasteiger partial charge in [-0.25, -0.2) is 13.1 Å². The Hall–Kier alpha value is -2.79. The molecular weight excluding hydrogens is 376 g/mol. The zero-order valence-electron chi connectivity index (χ0n) is 14.0. The van der Waals surface area contributed by atoms with Crippen LogP contribution in [0.4, 0.5) is 10.3 Å². The van der Waals surface area contributed by atoms with Crippen molar-refractivity contribution < 1.29 is 13.2 Å². The van der Waals surface area contributed by atoms with Gasteiger partial charge in [0.1, 0.15) is 0 Å². The molecule has 2 aromatic heterocycles. The minimum Gasteiger partial charge on any atom is -0.296 e. The third-order valence-corrected chi connectivity index (χ3v) is 4.81. The van der Waals surface area contributed by atoms with Crippen LogP contribution in [0.1, 0.15) is 23.0 Å². The van der Waals surface area contributed by atoms with Crippen LogP contribution in [-0.4, -0.2) is 40.6 Å². The second-order valence-electron chi connectivity index (χ2n) is 5.35. The number of para-hydroxylation sites is 1. The van der Waals surface area contributed by atoms with Crippen molar-refractivity contribution in [2.24, 2.45) is 0 Å². The first-order valence-corrected chi connectivity index (χ1v) is 10.3. The first-order valence-electron chi connectivity index (χ1n) is 7.62. The summed E-state index contributed by atoms with van der Waals surface area (Å²) in [6, 6.07) is 9.51. The standard InChI is InChI=1S/C15H16N6O3S2/c1-3-12-11(9-16-21(12)10-7-5-4-6-8-10)13(22)17-14-18-19-15(25-14)20-26(2,23)24/h4-9H,3H2,1-2H3,(H,19,20)(H,17,18,22). The molecule has 0 aliphatic carbocycles. The van der Waals surface area contributed by atoms with Gasteiger partial charge in [0.15, 0.2) is 0 Å². The molecule has 3 rings (SSSR count). The van der Waals surface area contributed by atoms with Crippen molar-refractivity contribution in [3.05, 3.63) is 47.8 Å².